The number of allylic oxidation sites excluding steroid dienone is 1. The van der Waals surface area contributed by atoms with E-state index in [1.807, 2.05) is 30.3 Å². The van der Waals surface area contributed by atoms with Gasteiger partial charge in [-0.05, 0) is 43.4 Å². The Hall–Kier alpha value is -3.07. The highest BCUT2D eigenvalue weighted by molar-refractivity contribution is 8.02. The Morgan fingerprint density at radius 3 is 2.59 bits per heavy atom. The molecule has 6 atom stereocenters. The first-order valence-corrected chi connectivity index (χ1v) is 15.3. The van der Waals surface area contributed by atoms with Gasteiger partial charge in [0.25, 0.3) is 5.91 Å². The third-order valence-corrected chi connectivity index (χ3v) is 10.7. The van der Waals surface area contributed by atoms with Gasteiger partial charge in [0.2, 0.25) is 5.91 Å². The molecule has 41 heavy (non-hydrogen) atoms. The van der Waals surface area contributed by atoms with Crippen LogP contribution < -0.4 is 4.90 Å². The summed E-state index contributed by atoms with van der Waals surface area (Å²) in [6, 6.07) is 14.6. The fraction of sp³-hybridized carbons (Fsp3) is 0.406. The van der Waals surface area contributed by atoms with Crippen molar-refractivity contribution in [3.05, 3.63) is 90.5 Å². The van der Waals surface area contributed by atoms with Crippen LogP contribution in [0.2, 0.25) is 5.02 Å². The number of amides is 2. The molecule has 3 aliphatic rings. The lowest BCUT2D eigenvalue weighted by Crippen LogP contribution is -2.56. The number of ether oxygens (including phenoxy) is 1. The van der Waals surface area contributed by atoms with Crippen molar-refractivity contribution in [2.75, 3.05) is 24.7 Å². The third kappa shape index (κ3) is 5.11. The number of carbonyl (C=O) groups is 3. The molecule has 0 aromatic heterocycles. The number of rotatable bonds is 12. The summed E-state index contributed by atoms with van der Waals surface area (Å²) < 4.78 is 4.82. The van der Waals surface area contributed by atoms with Crippen LogP contribution in [0.4, 0.5) is 5.69 Å². The molecule has 2 aromatic carbocycles. The fourth-order valence-corrected chi connectivity index (χ4v) is 9.18. The van der Waals surface area contributed by atoms with E-state index in [0.29, 0.717) is 35.5 Å². The summed E-state index contributed by atoms with van der Waals surface area (Å²) in [6.07, 6.45) is 6.08. The molecule has 0 radical (unpaired) electrons. The molecule has 3 saturated heterocycles. The number of aliphatic hydroxyl groups excluding tert-OH is 1. The summed E-state index contributed by atoms with van der Waals surface area (Å²) >= 11 is 8.12. The van der Waals surface area contributed by atoms with E-state index < -0.39 is 34.6 Å². The van der Waals surface area contributed by atoms with E-state index >= 15 is 0 Å². The molecular formula is C32H35ClN2O5S. The van der Waals surface area contributed by atoms with E-state index in [-0.39, 0.29) is 36.8 Å². The first-order chi connectivity index (χ1) is 19.9. The highest BCUT2D eigenvalue weighted by Crippen LogP contribution is 2.67. The maximum absolute atomic E-state index is 14.7. The predicted octanol–water partition coefficient (Wildman–Crippen LogP) is 5.19. The molecule has 5 rings (SSSR count). The highest BCUT2D eigenvalue weighted by Gasteiger charge is 2.75. The minimum absolute atomic E-state index is 0.120. The summed E-state index contributed by atoms with van der Waals surface area (Å²) in [5.74, 6) is -2.40. The first-order valence-electron chi connectivity index (χ1n) is 14.0. The van der Waals surface area contributed by atoms with E-state index in [2.05, 4.69) is 13.2 Å². The van der Waals surface area contributed by atoms with Gasteiger partial charge in [-0.15, -0.1) is 24.9 Å². The second-order valence-corrected chi connectivity index (χ2v) is 12.7. The Morgan fingerprint density at radius 2 is 1.90 bits per heavy atom. The number of unbranched alkanes of at least 4 members (excludes halogenated alkanes) is 1. The maximum atomic E-state index is 14.7. The van der Waals surface area contributed by atoms with Crippen molar-refractivity contribution in [2.24, 2.45) is 11.8 Å². The maximum Gasteiger partial charge on any atom is 0.310 e. The highest BCUT2D eigenvalue weighted by atomic mass is 35.5. The Labute approximate surface area is 250 Å². The number of hydrogen-bond acceptors (Lipinski definition) is 6. The largest absolute Gasteiger partial charge is 0.465 e. The van der Waals surface area contributed by atoms with E-state index in [1.54, 1.807) is 58.0 Å². The van der Waals surface area contributed by atoms with Crippen molar-refractivity contribution in [3.8, 4) is 0 Å². The van der Waals surface area contributed by atoms with Crippen LogP contribution in [0, 0.1) is 11.8 Å². The zero-order valence-corrected chi connectivity index (χ0v) is 24.4. The Balaban J connectivity index is 1.59. The third-order valence-electron chi connectivity index (χ3n) is 8.46. The molecule has 216 valence electrons. The minimum atomic E-state index is -0.929. The van der Waals surface area contributed by atoms with Crippen molar-refractivity contribution in [1.29, 1.82) is 0 Å². The van der Waals surface area contributed by atoms with Crippen LogP contribution in [-0.4, -0.2) is 63.6 Å². The summed E-state index contributed by atoms with van der Waals surface area (Å²) in [4.78, 5) is 45.8. The van der Waals surface area contributed by atoms with Crippen molar-refractivity contribution in [1.82, 2.24) is 4.90 Å². The number of anilines is 1. The van der Waals surface area contributed by atoms with Crippen molar-refractivity contribution in [3.63, 3.8) is 0 Å². The van der Waals surface area contributed by atoms with Gasteiger partial charge in [-0.2, -0.15) is 0 Å². The second kappa shape index (κ2) is 12.4. The van der Waals surface area contributed by atoms with Crippen LogP contribution >= 0.6 is 23.4 Å². The molecule has 3 aliphatic heterocycles. The summed E-state index contributed by atoms with van der Waals surface area (Å²) in [7, 11) is 0. The lowest BCUT2D eigenvalue weighted by Gasteiger charge is -2.39. The smallest absolute Gasteiger partial charge is 0.310 e. The number of halogens is 1. The van der Waals surface area contributed by atoms with Gasteiger partial charge in [-0.3, -0.25) is 14.4 Å². The predicted molar refractivity (Wildman–Crippen MR) is 162 cm³/mol. The number of esters is 1. The molecule has 3 heterocycles. The van der Waals surface area contributed by atoms with Crippen LogP contribution in [0.3, 0.4) is 0 Å². The molecular weight excluding hydrogens is 560 g/mol. The van der Waals surface area contributed by atoms with E-state index in [9.17, 15) is 19.5 Å². The molecule has 2 unspecified atom stereocenters. The Bertz CT molecular complexity index is 1320. The number of aliphatic hydroxyl groups is 1. The summed E-state index contributed by atoms with van der Waals surface area (Å²) in [5, 5.41) is 11.0. The minimum Gasteiger partial charge on any atom is -0.465 e. The molecule has 2 aromatic rings. The quantitative estimate of drug-likeness (QED) is 0.207. The molecule has 0 aliphatic carbocycles. The summed E-state index contributed by atoms with van der Waals surface area (Å²) in [6.45, 7) is 7.63. The second-order valence-electron chi connectivity index (χ2n) is 10.7. The van der Waals surface area contributed by atoms with E-state index in [1.165, 1.54) is 0 Å². The monoisotopic (exact) mass is 594 g/mol. The van der Waals surface area contributed by atoms with Gasteiger partial charge in [0, 0.05) is 11.8 Å². The van der Waals surface area contributed by atoms with Gasteiger partial charge >= 0.3 is 5.97 Å². The topological polar surface area (TPSA) is 87.1 Å². The van der Waals surface area contributed by atoms with Crippen molar-refractivity contribution < 1.29 is 24.2 Å². The lowest BCUT2D eigenvalue weighted by atomic mass is 9.71. The van der Waals surface area contributed by atoms with Gasteiger partial charge in [0.1, 0.15) is 6.04 Å². The zero-order chi connectivity index (χ0) is 29.1. The molecule has 7 nitrogen and oxygen atoms in total. The molecule has 9 heteroatoms. The molecule has 2 bridgehead atoms. The Kier molecular flexibility index (Phi) is 8.92. The Morgan fingerprint density at radius 1 is 1.17 bits per heavy atom. The molecule has 2 amide bonds. The average Bonchev–Trinajstić information content (AvgIpc) is 3.63. The van der Waals surface area contributed by atoms with Crippen LogP contribution in [0.5, 0.6) is 0 Å². The SMILES string of the molecule is C=CCCCOC(=O)[C@@H]1[C@H]2C(=O)N([C@H](CO)c3ccccc3)C(C(=O)N(CC=C)c3ccccc3Cl)C23CC[C@H]1S3. The van der Waals surface area contributed by atoms with Crippen LogP contribution in [0.25, 0.3) is 0 Å². The number of likely N-dealkylation sites (tertiary alicyclic amines) is 1. The van der Waals surface area contributed by atoms with Crippen molar-refractivity contribution >= 4 is 46.8 Å². The standard InChI is InChI=1S/C32H35ClN2O5S/c1-3-5-11-19-40-31(39)26-25-16-17-32(41-25)27(26)29(37)35(24(20-36)21-12-7-6-8-13-21)28(32)30(38)34(18-4-2)23-15-10-9-14-22(23)33/h3-4,6-10,12-15,24-28,36H,1-2,5,11,16-20H2/t24-,25-,26+,27+,28?,32?/m1/s1. The van der Waals surface area contributed by atoms with E-state index in [0.717, 1.165) is 6.42 Å². The molecule has 0 saturated carbocycles. The number of carbonyl (C=O) groups excluding carboxylic acids is 3. The van der Waals surface area contributed by atoms with Crippen LogP contribution in [0.1, 0.15) is 37.3 Å². The number of fused-ring (bicyclic) bond motifs is 1. The van der Waals surface area contributed by atoms with Gasteiger partial charge < -0.3 is 19.6 Å². The lowest BCUT2D eigenvalue weighted by molar-refractivity contribution is -0.154. The molecule has 3 fully saturated rings. The normalized spacial score (nSPS) is 26.9. The molecule has 1 spiro atoms. The number of benzene rings is 2. The van der Waals surface area contributed by atoms with E-state index in [4.69, 9.17) is 16.3 Å². The number of thioether (sulfide) groups is 1. The number of nitrogens with zero attached hydrogens (tertiary/aromatic N) is 2. The van der Waals surface area contributed by atoms with Crippen LogP contribution in [0.15, 0.2) is 79.9 Å². The van der Waals surface area contributed by atoms with Gasteiger partial charge in [-0.1, -0.05) is 66.2 Å². The van der Waals surface area contributed by atoms with Crippen LogP contribution in [-0.2, 0) is 19.1 Å². The van der Waals surface area contributed by atoms with Gasteiger partial charge in [0.15, 0.2) is 0 Å². The first kappa shape index (κ1) is 29.4. The zero-order valence-electron chi connectivity index (χ0n) is 22.9. The number of para-hydroxylation sites is 1. The summed E-state index contributed by atoms with van der Waals surface area (Å²) in [5.41, 5.74) is 1.23. The molecule has 1 N–H and O–H groups in total. The fourth-order valence-electron chi connectivity index (χ4n) is 6.75. The number of hydrogen-bond donors (Lipinski definition) is 1. The average molecular weight is 595 g/mol. The van der Waals surface area contributed by atoms with Gasteiger partial charge in [0.05, 0.1) is 46.5 Å². The van der Waals surface area contributed by atoms with Gasteiger partial charge in [-0.25, -0.2) is 0 Å². The van der Waals surface area contributed by atoms with Crippen molar-refractivity contribution in [2.45, 2.75) is 47.8 Å².